The van der Waals surface area contributed by atoms with Crippen molar-refractivity contribution in [3.05, 3.63) is 35.6 Å². The van der Waals surface area contributed by atoms with E-state index in [4.69, 9.17) is 0 Å². The lowest BCUT2D eigenvalue weighted by atomic mass is 9.87. The highest BCUT2D eigenvalue weighted by molar-refractivity contribution is 14.0. The van der Waals surface area contributed by atoms with E-state index in [2.05, 4.69) is 27.9 Å². The number of amides is 1. The number of hydrogen-bond donors (Lipinski definition) is 3. The first kappa shape index (κ1) is 22.7. The van der Waals surface area contributed by atoms with Gasteiger partial charge >= 0.3 is 0 Å². The molecule has 26 heavy (non-hydrogen) atoms. The third-order valence-corrected chi connectivity index (χ3v) is 4.60. The van der Waals surface area contributed by atoms with E-state index in [1.54, 1.807) is 19.2 Å². The third kappa shape index (κ3) is 8.33. The van der Waals surface area contributed by atoms with Crippen LogP contribution in [0, 0.1) is 11.7 Å². The Bertz CT molecular complexity index is 571. The molecular weight excluding hydrogens is 446 g/mol. The van der Waals surface area contributed by atoms with Gasteiger partial charge in [0.05, 0.1) is 6.42 Å². The van der Waals surface area contributed by atoms with E-state index in [-0.39, 0.29) is 42.1 Å². The Labute approximate surface area is 172 Å². The molecule has 3 N–H and O–H groups in total. The van der Waals surface area contributed by atoms with Crippen molar-refractivity contribution in [3.63, 3.8) is 0 Å². The van der Waals surface area contributed by atoms with Crippen molar-refractivity contribution in [1.82, 2.24) is 16.0 Å². The average molecular weight is 476 g/mol. The molecule has 146 valence electrons. The van der Waals surface area contributed by atoms with E-state index < -0.39 is 0 Å². The van der Waals surface area contributed by atoms with Gasteiger partial charge in [-0.1, -0.05) is 19.1 Å². The topological polar surface area (TPSA) is 65.5 Å². The molecule has 0 spiro atoms. The minimum absolute atomic E-state index is 0. The summed E-state index contributed by atoms with van der Waals surface area (Å²) in [6.45, 7) is 3.43. The van der Waals surface area contributed by atoms with Crippen molar-refractivity contribution in [2.24, 2.45) is 10.9 Å². The van der Waals surface area contributed by atoms with Crippen LogP contribution in [0.3, 0.4) is 0 Å². The first-order valence-electron chi connectivity index (χ1n) is 9.05. The summed E-state index contributed by atoms with van der Waals surface area (Å²) < 4.78 is 12.8. The molecule has 7 heteroatoms. The van der Waals surface area contributed by atoms with Gasteiger partial charge in [-0.3, -0.25) is 9.79 Å². The molecule has 1 amide bonds. The van der Waals surface area contributed by atoms with Crippen molar-refractivity contribution >= 4 is 35.8 Å². The number of benzene rings is 1. The summed E-state index contributed by atoms with van der Waals surface area (Å²) in [6.07, 6.45) is 5.13. The standard InChI is InChI=1S/C19H29FN4O.HI/c1-14-3-9-17(10-4-14)24-19(21-2)23-12-11-22-18(25)13-15-5-7-16(20)8-6-15;/h5-8,14,17H,3-4,9-13H2,1-2H3,(H,22,25)(H2,21,23,24);1H. The molecule has 0 saturated heterocycles. The van der Waals surface area contributed by atoms with E-state index in [0.717, 1.165) is 17.4 Å². The van der Waals surface area contributed by atoms with E-state index >= 15 is 0 Å². The van der Waals surface area contributed by atoms with Crippen LogP contribution in [0.2, 0.25) is 0 Å². The Morgan fingerprint density at radius 2 is 1.73 bits per heavy atom. The van der Waals surface area contributed by atoms with Crippen LogP contribution in [0.4, 0.5) is 4.39 Å². The lowest BCUT2D eigenvalue weighted by Gasteiger charge is -2.28. The lowest BCUT2D eigenvalue weighted by Crippen LogP contribution is -2.46. The van der Waals surface area contributed by atoms with E-state index in [1.165, 1.54) is 37.8 Å². The number of carbonyl (C=O) groups excluding carboxylic acids is 1. The molecule has 2 rings (SSSR count). The van der Waals surface area contributed by atoms with Crippen LogP contribution in [0.15, 0.2) is 29.3 Å². The summed E-state index contributed by atoms with van der Waals surface area (Å²) in [5.41, 5.74) is 0.802. The number of rotatable bonds is 6. The van der Waals surface area contributed by atoms with Gasteiger partial charge in [0.2, 0.25) is 5.91 Å². The number of nitrogens with one attached hydrogen (secondary N) is 3. The Morgan fingerprint density at radius 3 is 2.35 bits per heavy atom. The van der Waals surface area contributed by atoms with Gasteiger partial charge in [-0.05, 0) is 49.3 Å². The maximum absolute atomic E-state index is 12.8. The van der Waals surface area contributed by atoms with Crippen molar-refractivity contribution < 1.29 is 9.18 Å². The van der Waals surface area contributed by atoms with Gasteiger partial charge in [0.1, 0.15) is 5.82 Å². The largest absolute Gasteiger partial charge is 0.355 e. The van der Waals surface area contributed by atoms with Gasteiger partial charge in [0.25, 0.3) is 0 Å². The maximum Gasteiger partial charge on any atom is 0.224 e. The highest BCUT2D eigenvalue weighted by Gasteiger charge is 2.18. The molecule has 1 aliphatic carbocycles. The number of aliphatic imine (C=N–C) groups is 1. The Morgan fingerprint density at radius 1 is 1.12 bits per heavy atom. The zero-order valence-electron chi connectivity index (χ0n) is 15.6. The fourth-order valence-corrected chi connectivity index (χ4v) is 3.03. The Balaban J connectivity index is 0.00000338. The lowest BCUT2D eigenvalue weighted by molar-refractivity contribution is -0.120. The SMILES string of the molecule is CN=C(NCCNC(=O)Cc1ccc(F)cc1)NC1CCC(C)CC1.I. The number of guanidine groups is 1. The molecule has 1 fully saturated rings. The van der Waals surface area contributed by atoms with E-state index in [9.17, 15) is 9.18 Å². The normalized spacial score (nSPS) is 20.0. The molecule has 0 heterocycles. The summed E-state index contributed by atoms with van der Waals surface area (Å²) in [7, 11) is 1.76. The van der Waals surface area contributed by atoms with Crippen LogP contribution in [0.25, 0.3) is 0 Å². The first-order chi connectivity index (χ1) is 12.1. The second-order valence-corrected chi connectivity index (χ2v) is 6.75. The summed E-state index contributed by atoms with van der Waals surface area (Å²) in [4.78, 5) is 16.1. The molecule has 0 aromatic heterocycles. The molecule has 1 saturated carbocycles. The molecule has 1 aliphatic rings. The molecule has 0 bridgehead atoms. The van der Waals surface area contributed by atoms with Crippen LogP contribution in [0.5, 0.6) is 0 Å². The highest BCUT2D eigenvalue weighted by atomic mass is 127. The predicted molar refractivity (Wildman–Crippen MR) is 114 cm³/mol. The van der Waals surface area contributed by atoms with E-state index in [1.807, 2.05) is 0 Å². The number of hydrogen-bond acceptors (Lipinski definition) is 2. The molecule has 1 aromatic carbocycles. The van der Waals surface area contributed by atoms with Crippen molar-refractivity contribution in [1.29, 1.82) is 0 Å². The van der Waals surface area contributed by atoms with Crippen LogP contribution >= 0.6 is 24.0 Å². The average Bonchev–Trinajstić information content (AvgIpc) is 2.61. The smallest absolute Gasteiger partial charge is 0.224 e. The number of carbonyl (C=O) groups is 1. The van der Waals surface area contributed by atoms with Gasteiger partial charge < -0.3 is 16.0 Å². The second-order valence-electron chi connectivity index (χ2n) is 6.75. The van der Waals surface area contributed by atoms with E-state index in [0.29, 0.717) is 19.1 Å². The monoisotopic (exact) mass is 476 g/mol. The fourth-order valence-electron chi connectivity index (χ4n) is 3.03. The highest BCUT2D eigenvalue weighted by Crippen LogP contribution is 2.23. The Hall–Kier alpha value is -1.38. The van der Waals surface area contributed by atoms with Gasteiger partial charge in [0.15, 0.2) is 5.96 Å². The van der Waals surface area contributed by atoms with Crippen molar-refractivity contribution in [3.8, 4) is 0 Å². The van der Waals surface area contributed by atoms with Crippen LogP contribution < -0.4 is 16.0 Å². The van der Waals surface area contributed by atoms with Gasteiger partial charge in [-0.25, -0.2) is 4.39 Å². The predicted octanol–water partition coefficient (Wildman–Crippen LogP) is 2.85. The van der Waals surface area contributed by atoms with Crippen LogP contribution in [0.1, 0.15) is 38.2 Å². The molecule has 5 nitrogen and oxygen atoms in total. The fraction of sp³-hybridized carbons (Fsp3) is 0.579. The van der Waals surface area contributed by atoms with Gasteiger partial charge in [-0.15, -0.1) is 24.0 Å². The molecule has 0 radical (unpaired) electrons. The van der Waals surface area contributed by atoms with Gasteiger partial charge in [0, 0.05) is 26.2 Å². The second kappa shape index (κ2) is 12.1. The molecular formula is C19H30FIN4O. The minimum atomic E-state index is -0.292. The molecule has 0 aliphatic heterocycles. The van der Waals surface area contributed by atoms with Crippen LogP contribution in [-0.4, -0.2) is 38.0 Å². The maximum atomic E-state index is 12.8. The Kier molecular flexibility index (Phi) is 10.5. The molecule has 1 aromatic rings. The number of nitrogens with zero attached hydrogens (tertiary/aromatic N) is 1. The minimum Gasteiger partial charge on any atom is -0.355 e. The summed E-state index contributed by atoms with van der Waals surface area (Å²) in [5, 5.41) is 9.54. The van der Waals surface area contributed by atoms with Crippen LogP contribution in [-0.2, 0) is 11.2 Å². The zero-order valence-corrected chi connectivity index (χ0v) is 17.9. The van der Waals surface area contributed by atoms with Crippen molar-refractivity contribution in [2.75, 3.05) is 20.1 Å². The third-order valence-electron chi connectivity index (χ3n) is 4.60. The first-order valence-corrected chi connectivity index (χ1v) is 9.05. The zero-order chi connectivity index (χ0) is 18.1. The summed E-state index contributed by atoms with van der Waals surface area (Å²) >= 11 is 0. The quantitative estimate of drug-likeness (QED) is 0.256. The molecule has 0 unspecified atom stereocenters. The summed E-state index contributed by atoms with van der Waals surface area (Å²) in [5.74, 6) is 1.24. The number of halogens is 2. The van der Waals surface area contributed by atoms with Crippen molar-refractivity contribution in [2.45, 2.75) is 45.1 Å². The van der Waals surface area contributed by atoms with Gasteiger partial charge in [-0.2, -0.15) is 0 Å². The molecule has 0 atom stereocenters. The summed E-state index contributed by atoms with van der Waals surface area (Å²) in [6, 6.07) is 6.47.